The number of fused-ring (bicyclic) bond motifs is 1. The second-order valence-electron chi connectivity index (χ2n) is 5.86. The average Bonchev–Trinajstić information content (AvgIpc) is 3.02. The third-order valence-electron chi connectivity index (χ3n) is 3.75. The van der Waals surface area contributed by atoms with Crippen LogP contribution < -0.4 is 14.8 Å². The van der Waals surface area contributed by atoms with Crippen molar-refractivity contribution in [3.63, 3.8) is 0 Å². The summed E-state index contributed by atoms with van der Waals surface area (Å²) < 4.78 is 11.8. The van der Waals surface area contributed by atoms with E-state index in [2.05, 4.69) is 30.2 Å². The minimum absolute atomic E-state index is 0.104. The average molecular weight is 356 g/mol. The Hall–Kier alpha value is -2.60. The van der Waals surface area contributed by atoms with E-state index in [1.54, 1.807) is 19.2 Å². The molecule has 2 aromatic carbocycles. The van der Waals surface area contributed by atoms with Gasteiger partial charge in [0.25, 0.3) is 5.91 Å². The number of anilines is 1. The molecule has 1 N–H and O–H groups in total. The van der Waals surface area contributed by atoms with E-state index in [1.807, 2.05) is 24.3 Å². The van der Waals surface area contributed by atoms with E-state index in [4.69, 9.17) is 9.47 Å². The molecule has 0 aliphatic rings. The molecule has 0 aliphatic carbocycles. The molecule has 0 unspecified atom stereocenters. The van der Waals surface area contributed by atoms with Crippen molar-refractivity contribution in [1.82, 2.24) is 4.98 Å². The van der Waals surface area contributed by atoms with Crippen molar-refractivity contribution in [1.29, 1.82) is 0 Å². The number of aromatic nitrogens is 1. The fraction of sp³-hybridized carbons (Fsp3) is 0.263. The topological polar surface area (TPSA) is 60.5 Å². The van der Waals surface area contributed by atoms with E-state index < -0.39 is 0 Å². The number of benzene rings is 2. The first-order chi connectivity index (χ1) is 12.1. The standard InChI is InChI=1S/C19H20N2O3S/c1-12(2)13-7-6-10-16-18(13)21-19(25-16)20-17(22)11-24-15-9-5-4-8-14(15)23-3/h4-10,12H,11H2,1-3H3,(H,20,21,22). The number of para-hydroxylation sites is 3. The van der Waals surface area contributed by atoms with Crippen LogP contribution >= 0.6 is 11.3 Å². The van der Waals surface area contributed by atoms with E-state index in [1.165, 1.54) is 16.9 Å². The van der Waals surface area contributed by atoms with Crippen LogP contribution in [0.2, 0.25) is 0 Å². The van der Waals surface area contributed by atoms with Crippen LogP contribution in [-0.4, -0.2) is 24.6 Å². The molecule has 3 rings (SSSR count). The van der Waals surface area contributed by atoms with Gasteiger partial charge in [0.2, 0.25) is 0 Å². The highest BCUT2D eigenvalue weighted by Crippen LogP contribution is 2.31. The Morgan fingerprint density at radius 3 is 2.64 bits per heavy atom. The number of nitrogens with one attached hydrogen (secondary N) is 1. The second-order valence-corrected chi connectivity index (χ2v) is 6.89. The Bertz CT molecular complexity index is 889. The van der Waals surface area contributed by atoms with Gasteiger partial charge in [0.05, 0.1) is 17.3 Å². The summed E-state index contributed by atoms with van der Waals surface area (Å²) in [6, 6.07) is 13.3. The molecule has 0 fully saturated rings. The summed E-state index contributed by atoms with van der Waals surface area (Å²) in [7, 11) is 1.57. The van der Waals surface area contributed by atoms with Crippen LogP contribution in [-0.2, 0) is 4.79 Å². The quantitative estimate of drug-likeness (QED) is 0.709. The Morgan fingerprint density at radius 1 is 1.16 bits per heavy atom. The summed E-state index contributed by atoms with van der Waals surface area (Å²) in [5.74, 6) is 1.25. The van der Waals surface area contributed by atoms with Crippen LogP contribution in [0.15, 0.2) is 42.5 Å². The predicted molar refractivity (Wildman–Crippen MR) is 101 cm³/mol. The zero-order chi connectivity index (χ0) is 17.8. The van der Waals surface area contributed by atoms with Gasteiger partial charge in [-0.1, -0.05) is 49.4 Å². The van der Waals surface area contributed by atoms with Gasteiger partial charge in [0, 0.05) is 0 Å². The lowest BCUT2D eigenvalue weighted by Crippen LogP contribution is -2.20. The molecule has 1 heterocycles. The van der Waals surface area contributed by atoms with E-state index in [9.17, 15) is 4.79 Å². The molecule has 0 bridgehead atoms. The molecule has 1 amide bonds. The van der Waals surface area contributed by atoms with Crippen LogP contribution in [0.5, 0.6) is 11.5 Å². The Morgan fingerprint density at radius 2 is 1.92 bits per heavy atom. The lowest BCUT2D eigenvalue weighted by molar-refractivity contribution is -0.118. The molecule has 5 nitrogen and oxygen atoms in total. The maximum atomic E-state index is 12.2. The van der Waals surface area contributed by atoms with E-state index >= 15 is 0 Å². The summed E-state index contributed by atoms with van der Waals surface area (Å²) in [5.41, 5.74) is 2.13. The van der Waals surface area contributed by atoms with Gasteiger partial charge < -0.3 is 9.47 Å². The van der Waals surface area contributed by atoms with Crippen LogP contribution in [0, 0.1) is 0 Å². The van der Waals surface area contributed by atoms with Crippen molar-refractivity contribution in [2.45, 2.75) is 19.8 Å². The summed E-state index contributed by atoms with van der Waals surface area (Å²) in [6.07, 6.45) is 0. The molecule has 25 heavy (non-hydrogen) atoms. The maximum absolute atomic E-state index is 12.2. The van der Waals surface area contributed by atoms with Gasteiger partial charge >= 0.3 is 0 Å². The van der Waals surface area contributed by atoms with Crippen molar-refractivity contribution < 1.29 is 14.3 Å². The second kappa shape index (κ2) is 7.53. The molecular formula is C19H20N2O3S. The Balaban J connectivity index is 1.69. The molecule has 1 aromatic heterocycles. The van der Waals surface area contributed by atoms with Gasteiger partial charge in [-0.3, -0.25) is 10.1 Å². The minimum Gasteiger partial charge on any atom is -0.493 e. The molecule has 6 heteroatoms. The first-order valence-electron chi connectivity index (χ1n) is 8.03. The highest BCUT2D eigenvalue weighted by molar-refractivity contribution is 7.22. The normalized spacial score (nSPS) is 10.9. The first-order valence-corrected chi connectivity index (χ1v) is 8.85. The van der Waals surface area contributed by atoms with Gasteiger partial charge in [-0.25, -0.2) is 4.98 Å². The van der Waals surface area contributed by atoms with Crippen LogP contribution in [0.3, 0.4) is 0 Å². The molecule has 130 valence electrons. The monoisotopic (exact) mass is 356 g/mol. The molecule has 3 aromatic rings. The van der Waals surface area contributed by atoms with Gasteiger partial charge in [-0.15, -0.1) is 0 Å². The highest BCUT2D eigenvalue weighted by Gasteiger charge is 2.13. The number of carbonyl (C=O) groups excluding carboxylic acids is 1. The van der Waals surface area contributed by atoms with E-state index in [-0.39, 0.29) is 12.5 Å². The molecule has 0 atom stereocenters. The first kappa shape index (κ1) is 17.2. The highest BCUT2D eigenvalue weighted by atomic mass is 32.1. The number of rotatable bonds is 6. The number of thiazole rings is 1. The molecule has 0 spiro atoms. The third kappa shape index (κ3) is 3.91. The summed E-state index contributed by atoms with van der Waals surface area (Å²) in [4.78, 5) is 16.7. The predicted octanol–water partition coefficient (Wildman–Crippen LogP) is 4.45. The van der Waals surface area contributed by atoms with E-state index in [0.717, 1.165) is 10.2 Å². The van der Waals surface area contributed by atoms with Crippen molar-refractivity contribution >= 4 is 32.6 Å². The van der Waals surface area contributed by atoms with Crippen LogP contribution in [0.25, 0.3) is 10.2 Å². The summed E-state index contributed by atoms with van der Waals surface area (Å²) in [5, 5.41) is 3.39. The Kier molecular flexibility index (Phi) is 5.19. The molecule has 0 saturated heterocycles. The van der Waals surface area contributed by atoms with Crippen molar-refractivity contribution in [2.24, 2.45) is 0 Å². The van der Waals surface area contributed by atoms with E-state index in [0.29, 0.717) is 22.5 Å². The van der Waals surface area contributed by atoms with Gasteiger partial charge in [-0.2, -0.15) is 0 Å². The number of nitrogens with zero attached hydrogens (tertiary/aromatic N) is 1. The largest absolute Gasteiger partial charge is 0.493 e. The van der Waals surface area contributed by atoms with Crippen molar-refractivity contribution in [3.8, 4) is 11.5 Å². The van der Waals surface area contributed by atoms with Crippen LogP contribution in [0.4, 0.5) is 5.13 Å². The molecule has 0 saturated carbocycles. The molecular weight excluding hydrogens is 336 g/mol. The van der Waals surface area contributed by atoms with Crippen molar-refractivity contribution in [2.75, 3.05) is 19.0 Å². The van der Waals surface area contributed by atoms with Crippen LogP contribution in [0.1, 0.15) is 25.3 Å². The number of methoxy groups -OCH3 is 1. The number of ether oxygens (including phenoxy) is 2. The zero-order valence-corrected chi connectivity index (χ0v) is 15.2. The summed E-state index contributed by atoms with van der Waals surface area (Å²) in [6.45, 7) is 4.16. The smallest absolute Gasteiger partial charge is 0.264 e. The number of amides is 1. The fourth-order valence-corrected chi connectivity index (χ4v) is 3.44. The molecule has 0 aliphatic heterocycles. The van der Waals surface area contributed by atoms with Gasteiger partial charge in [0.15, 0.2) is 23.2 Å². The summed E-state index contributed by atoms with van der Waals surface area (Å²) >= 11 is 1.46. The SMILES string of the molecule is COc1ccccc1OCC(=O)Nc1nc2c(C(C)C)cccc2s1. The van der Waals surface area contributed by atoms with Crippen molar-refractivity contribution in [3.05, 3.63) is 48.0 Å². The number of hydrogen-bond acceptors (Lipinski definition) is 5. The third-order valence-corrected chi connectivity index (χ3v) is 4.68. The molecule has 0 radical (unpaired) electrons. The lowest BCUT2D eigenvalue weighted by Gasteiger charge is -2.09. The zero-order valence-electron chi connectivity index (χ0n) is 14.4. The van der Waals surface area contributed by atoms with Gasteiger partial charge in [-0.05, 0) is 29.7 Å². The number of hydrogen-bond donors (Lipinski definition) is 1. The fourth-order valence-electron chi connectivity index (χ4n) is 2.53. The maximum Gasteiger partial charge on any atom is 0.264 e. The lowest BCUT2D eigenvalue weighted by atomic mass is 10.0. The number of carbonyl (C=O) groups is 1. The Labute approximate surface area is 150 Å². The minimum atomic E-state index is -0.254. The van der Waals surface area contributed by atoms with Gasteiger partial charge in [0.1, 0.15) is 0 Å².